The lowest BCUT2D eigenvalue weighted by atomic mass is 10.1. The van der Waals surface area contributed by atoms with Gasteiger partial charge in [0.15, 0.2) is 0 Å². The van der Waals surface area contributed by atoms with Gasteiger partial charge in [0.25, 0.3) is 0 Å². The highest BCUT2D eigenvalue weighted by atomic mass is 19.4. The third kappa shape index (κ3) is 3.85. The molecular formula is C20H14F4N4. The second-order valence-corrected chi connectivity index (χ2v) is 6.42. The van der Waals surface area contributed by atoms with Gasteiger partial charge in [-0.2, -0.15) is 13.2 Å². The van der Waals surface area contributed by atoms with Gasteiger partial charge in [-0.3, -0.25) is 9.97 Å². The number of hydrogen-bond acceptors (Lipinski definition) is 3. The number of nitrogens with zero attached hydrogens (tertiary/aromatic N) is 3. The zero-order chi connectivity index (χ0) is 19.7. The van der Waals surface area contributed by atoms with Crippen LogP contribution in [0.3, 0.4) is 0 Å². The number of aromatic nitrogens is 4. The van der Waals surface area contributed by atoms with Gasteiger partial charge in [0.2, 0.25) is 0 Å². The fourth-order valence-electron chi connectivity index (χ4n) is 2.97. The number of halogens is 4. The molecule has 142 valence electrons. The molecule has 0 aliphatic heterocycles. The molecule has 0 aliphatic carbocycles. The van der Waals surface area contributed by atoms with Crippen molar-refractivity contribution in [2.75, 3.05) is 0 Å². The number of hydrogen-bond donors (Lipinski definition) is 1. The van der Waals surface area contributed by atoms with Crippen molar-refractivity contribution < 1.29 is 17.6 Å². The minimum absolute atomic E-state index is 0.383. The molecule has 0 radical (unpaired) electrons. The zero-order valence-corrected chi connectivity index (χ0v) is 14.5. The largest absolute Gasteiger partial charge is 0.433 e. The normalized spacial score (nSPS) is 11.9. The summed E-state index contributed by atoms with van der Waals surface area (Å²) >= 11 is 0. The average Bonchev–Trinajstić information content (AvgIpc) is 3.05. The predicted octanol–water partition coefficient (Wildman–Crippen LogP) is 4.69. The molecule has 0 bridgehead atoms. The Bertz CT molecular complexity index is 1100. The quantitative estimate of drug-likeness (QED) is 0.518. The fraction of sp³-hybridized carbons (Fsp3) is 0.150. The molecule has 0 saturated heterocycles. The molecule has 0 aromatic carbocycles. The van der Waals surface area contributed by atoms with Crippen molar-refractivity contribution in [3.8, 4) is 0 Å². The lowest BCUT2D eigenvalue weighted by Crippen LogP contribution is -2.07. The lowest BCUT2D eigenvalue weighted by molar-refractivity contribution is -0.141. The molecule has 1 N–H and O–H groups in total. The number of fused-ring (bicyclic) bond motifs is 1. The van der Waals surface area contributed by atoms with E-state index < -0.39 is 17.7 Å². The van der Waals surface area contributed by atoms with Crippen LogP contribution in [0.5, 0.6) is 0 Å². The van der Waals surface area contributed by atoms with Crippen LogP contribution >= 0.6 is 0 Å². The summed E-state index contributed by atoms with van der Waals surface area (Å²) in [5, 5.41) is 0.722. The summed E-state index contributed by atoms with van der Waals surface area (Å²) in [5.41, 5.74) is 2.91. The van der Waals surface area contributed by atoms with Gasteiger partial charge in [0, 0.05) is 42.5 Å². The van der Waals surface area contributed by atoms with E-state index in [1.54, 1.807) is 12.4 Å². The first-order valence-corrected chi connectivity index (χ1v) is 8.46. The molecule has 28 heavy (non-hydrogen) atoms. The molecule has 8 heteroatoms. The van der Waals surface area contributed by atoms with Gasteiger partial charge in [-0.25, -0.2) is 9.37 Å². The zero-order valence-electron chi connectivity index (χ0n) is 14.5. The van der Waals surface area contributed by atoms with E-state index in [-0.39, 0.29) is 0 Å². The molecule has 4 aromatic heterocycles. The van der Waals surface area contributed by atoms with E-state index in [0.717, 1.165) is 34.5 Å². The van der Waals surface area contributed by atoms with E-state index in [2.05, 4.69) is 19.9 Å². The summed E-state index contributed by atoms with van der Waals surface area (Å²) in [6, 6.07) is 7.52. The number of pyridine rings is 3. The topological polar surface area (TPSA) is 54.5 Å². The van der Waals surface area contributed by atoms with Crippen LogP contribution in [-0.4, -0.2) is 19.9 Å². The third-order valence-corrected chi connectivity index (χ3v) is 4.36. The van der Waals surface area contributed by atoms with Gasteiger partial charge in [-0.05, 0) is 34.9 Å². The number of H-pyrrole nitrogens is 1. The van der Waals surface area contributed by atoms with Crippen molar-refractivity contribution in [1.29, 1.82) is 0 Å². The maximum Gasteiger partial charge on any atom is 0.433 e. The van der Waals surface area contributed by atoms with Crippen molar-refractivity contribution in [3.05, 3.63) is 89.0 Å². The van der Waals surface area contributed by atoms with Crippen LogP contribution in [0.1, 0.15) is 28.1 Å². The molecule has 0 aliphatic rings. The summed E-state index contributed by atoms with van der Waals surface area (Å²) in [6.45, 7) is 0. The second-order valence-electron chi connectivity index (χ2n) is 6.42. The summed E-state index contributed by atoms with van der Waals surface area (Å²) in [4.78, 5) is 14.8. The van der Waals surface area contributed by atoms with Crippen molar-refractivity contribution in [1.82, 2.24) is 19.9 Å². The molecule has 4 nitrogen and oxygen atoms in total. The van der Waals surface area contributed by atoms with Crippen molar-refractivity contribution in [2.24, 2.45) is 0 Å². The number of rotatable bonds is 4. The first-order chi connectivity index (χ1) is 13.4. The monoisotopic (exact) mass is 386 g/mol. The number of nitrogens with one attached hydrogen (secondary N) is 1. The Morgan fingerprint density at radius 2 is 1.61 bits per heavy atom. The van der Waals surface area contributed by atoms with Crippen LogP contribution in [0, 0.1) is 5.82 Å². The highest BCUT2D eigenvalue weighted by molar-refractivity contribution is 5.79. The lowest BCUT2D eigenvalue weighted by Gasteiger charge is -2.07. The Morgan fingerprint density at radius 3 is 2.29 bits per heavy atom. The Morgan fingerprint density at radius 1 is 0.857 bits per heavy atom. The Labute approximate surface area is 157 Å². The third-order valence-electron chi connectivity index (χ3n) is 4.36. The molecule has 0 spiro atoms. The van der Waals surface area contributed by atoms with Gasteiger partial charge in [0.1, 0.15) is 17.2 Å². The summed E-state index contributed by atoms with van der Waals surface area (Å²) in [7, 11) is 0. The molecular weight excluding hydrogens is 372 g/mol. The maximum atomic E-state index is 13.4. The first-order valence-electron chi connectivity index (χ1n) is 8.46. The first kappa shape index (κ1) is 18.1. The van der Waals surface area contributed by atoms with Crippen molar-refractivity contribution >= 4 is 11.0 Å². The van der Waals surface area contributed by atoms with Gasteiger partial charge >= 0.3 is 6.18 Å². The van der Waals surface area contributed by atoms with E-state index in [4.69, 9.17) is 0 Å². The van der Waals surface area contributed by atoms with Crippen molar-refractivity contribution in [3.63, 3.8) is 0 Å². The summed E-state index contributed by atoms with van der Waals surface area (Å²) < 4.78 is 51.1. The van der Waals surface area contributed by atoms with Crippen LogP contribution in [0.25, 0.3) is 11.0 Å². The molecule has 0 saturated carbocycles. The molecule has 0 fully saturated rings. The Hall–Kier alpha value is -3.29. The molecule has 0 atom stereocenters. The highest BCUT2D eigenvalue weighted by Gasteiger charge is 2.31. The van der Waals surface area contributed by atoms with E-state index in [1.165, 1.54) is 18.3 Å². The Balaban J connectivity index is 1.47. The Kier molecular flexibility index (Phi) is 4.54. The number of alkyl halides is 3. The van der Waals surface area contributed by atoms with Gasteiger partial charge in [-0.1, -0.05) is 12.1 Å². The van der Waals surface area contributed by atoms with Crippen LogP contribution < -0.4 is 0 Å². The van der Waals surface area contributed by atoms with Crippen LogP contribution in [-0.2, 0) is 19.0 Å². The predicted molar refractivity (Wildman–Crippen MR) is 95.1 cm³/mol. The summed E-state index contributed by atoms with van der Waals surface area (Å²) in [5.74, 6) is -0.396. The average molecular weight is 386 g/mol. The molecule has 4 heterocycles. The number of aromatic amines is 1. The minimum Gasteiger partial charge on any atom is -0.346 e. The van der Waals surface area contributed by atoms with Gasteiger partial charge < -0.3 is 4.98 Å². The van der Waals surface area contributed by atoms with Gasteiger partial charge in [0.05, 0.1) is 6.20 Å². The fourth-order valence-corrected chi connectivity index (χ4v) is 2.97. The molecule has 4 aromatic rings. The van der Waals surface area contributed by atoms with Crippen molar-refractivity contribution in [2.45, 2.75) is 19.0 Å². The standard InChI is InChI=1S/C20H14F4N4/c21-15-7-17-14(10-27-19(17)28-11-15)5-12-1-3-16(25-8-12)6-13-2-4-18(26-9-13)20(22,23)24/h1-4,7-11H,5-6H2,(H,27,28). The van der Waals surface area contributed by atoms with Crippen LogP contribution in [0.4, 0.5) is 17.6 Å². The van der Waals surface area contributed by atoms with E-state index in [0.29, 0.717) is 24.1 Å². The minimum atomic E-state index is -4.45. The van der Waals surface area contributed by atoms with E-state index in [9.17, 15) is 17.6 Å². The highest BCUT2D eigenvalue weighted by Crippen LogP contribution is 2.27. The smallest absolute Gasteiger partial charge is 0.346 e. The maximum absolute atomic E-state index is 13.4. The van der Waals surface area contributed by atoms with Crippen LogP contribution in [0.15, 0.2) is 55.1 Å². The van der Waals surface area contributed by atoms with E-state index in [1.807, 2.05) is 12.1 Å². The molecule has 0 unspecified atom stereocenters. The SMILES string of the molecule is Fc1cnc2[nH]cc(Cc3ccc(Cc4ccc(C(F)(F)F)nc4)nc3)c2c1. The molecule has 0 amide bonds. The van der Waals surface area contributed by atoms with Crippen LogP contribution in [0.2, 0.25) is 0 Å². The second kappa shape index (κ2) is 7.03. The molecule has 4 rings (SSSR count). The van der Waals surface area contributed by atoms with Gasteiger partial charge in [-0.15, -0.1) is 0 Å². The summed E-state index contributed by atoms with van der Waals surface area (Å²) in [6.07, 6.45) is 2.37. The van der Waals surface area contributed by atoms with E-state index >= 15 is 0 Å².